The third-order valence-corrected chi connectivity index (χ3v) is 5.03. The van der Waals surface area contributed by atoms with Crippen LogP contribution in [0.25, 0.3) is 11.5 Å². The number of hydrogen-bond donors (Lipinski definition) is 2. The first kappa shape index (κ1) is 19.1. The minimum Gasteiger partial charge on any atom is -0.482 e. The Hall–Kier alpha value is -3.26. The van der Waals surface area contributed by atoms with Crippen LogP contribution in [0.3, 0.4) is 0 Å². The standard InChI is InChI=1S/C21H23N5O3/c27-18(28)14-29-17-5-3-15(4-6-17)12-26-11-1-2-16(13-26)19-20(23-8-7-22-19)21-24-9-10-25-21/h3-10,16H,1-2,11-14H2,(H,24,25)(H,27,28)/t16-/m0/s1. The van der Waals surface area contributed by atoms with Gasteiger partial charge in [-0.2, -0.15) is 0 Å². The van der Waals surface area contributed by atoms with Gasteiger partial charge in [0.2, 0.25) is 0 Å². The molecule has 4 rings (SSSR count). The number of H-pyrrole nitrogens is 1. The number of nitrogens with one attached hydrogen (secondary N) is 1. The third-order valence-electron chi connectivity index (χ3n) is 5.03. The molecular weight excluding hydrogens is 370 g/mol. The molecule has 0 saturated carbocycles. The molecule has 2 aromatic heterocycles. The number of imidazole rings is 1. The third kappa shape index (κ3) is 4.78. The van der Waals surface area contributed by atoms with E-state index in [-0.39, 0.29) is 6.61 Å². The molecule has 29 heavy (non-hydrogen) atoms. The Morgan fingerprint density at radius 2 is 2.00 bits per heavy atom. The van der Waals surface area contributed by atoms with Crippen LogP contribution in [0.5, 0.6) is 5.75 Å². The first-order chi connectivity index (χ1) is 14.2. The van der Waals surface area contributed by atoms with E-state index in [0.717, 1.165) is 49.7 Å². The smallest absolute Gasteiger partial charge is 0.341 e. The second-order valence-electron chi connectivity index (χ2n) is 7.13. The second-order valence-corrected chi connectivity index (χ2v) is 7.13. The summed E-state index contributed by atoms with van der Waals surface area (Å²) in [5.74, 6) is 0.639. The lowest BCUT2D eigenvalue weighted by Crippen LogP contribution is -2.34. The van der Waals surface area contributed by atoms with Crippen molar-refractivity contribution in [2.45, 2.75) is 25.3 Å². The largest absolute Gasteiger partial charge is 0.482 e. The molecule has 8 nitrogen and oxygen atoms in total. The predicted molar refractivity (Wildman–Crippen MR) is 106 cm³/mol. The summed E-state index contributed by atoms with van der Waals surface area (Å²) < 4.78 is 5.20. The summed E-state index contributed by atoms with van der Waals surface area (Å²) in [6.07, 6.45) is 9.14. The summed E-state index contributed by atoms with van der Waals surface area (Å²) >= 11 is 0. The summed E-state index contributed by atoms with van der Waals surface area (Å²) in [4.78, 5) is 29.6. The lowest BCUT2D eigenvalue weighted by atomic mass is 9.92. The maximum Gasteiger partial charge on any atom is 0.341 e. The van der Waals surface area contributed by atoms with Crippen LogP contribution in [0.4, 0.5) is 0 Å². The van der Waals surface area contributed by atoms with Crippen molar-refractivity contribution in [3.05, 3.63) is 60.3 Å². The fraction of sp³-hybridized carbons (Fsp3) is 0.333. The Morgan fingerprint density at radius 1 is 1.17 bits per heavy atom. The number of aliphatic carboxylic acids is 1. The van der Waals surface area contributed by atoms with Crippen LogP contribution in [0.1, 0.15) is 30.0 Å². The number of likely N-dealkylation sites (tertiary alicyclic amines) is 1. The van der Waals surface area contributed by atoms with Gasteiger partial charge in [0.15, 0.2) is 12.4 Å². The molecule has 8 heteroatoms. The van der Waals surface area contributed by atoms with Gasteiger partial charge in [-0.3, -0.25) is 9.88 Å². The average Bonchev–Trinajstić information content (AvgIpc) is 3.28. The number of nitrogens with zero attached hydrogens (tertiary/aromatic N) is 4. The number of aromatic nitrogens is 4. The SMILES string of the molecule is O=C(O)COc1ccc(CN2CCC[C@H](c3nccnc3-c3ncc[nH]3)C2)cc1. The number of carboxylic acid groups (broad SMARTS) is 1. The lowest BCUT2D eigenvalue weighted by molar-refractivity contribution is -0.139. The average molecular weight is 393 g/mol. The van der Waals surface area contributed by atoms with E-state index in [1.807, 2.05) is 24.3 Å². The van der Waals surface area contributed by atoms with Gasteiger partial charge >= 0.3 is 5.97 Å². The number of hydrogen-bond acceptors (Lipinski definition) is 6. The predicted octanol–water partition coefficient (Wildman–Crippen LogP) is 2.71. The fourth-order valence-corrected chi connectivity index (χ4v) is 3.74. The summed E-state index contributed by atoms with van der Waals surface area (Å²) in [5.41, 5.74) is 2.98. The molecule has 1 aliphatic heterocycles. The van der Waals surface area contributed by atoms with E-state index in [0.29, 0.717) is 11.7 Å². The number of benzene rings is 1. The highest BCUT2D eigenvalue weighted by molar-refractivity contribution is 5.68. The molecule has 0 spiro atoms. The minimum absolute atomic E-state index is 0.302. The van der Waals surface area contributed by atoms with Gasteiger partial charge in [0.25, 0.3) is 0 Å². The van der Waals surface area contributed by atoms with E-state index in [9.17, 15) is 4.79 Å². The molecule has 150 valence electrons. The Bertz CT molecular complexity index is 943. The molecule has 2 N–H and O–H groups in total. The molecule has 3 aromatic rings. The van der Waals surface area contributed by atoms with Crippen molar-refractivity contribution in [2.75, 3.05) is 19.7 Å². The van der Waals surface area contributed by atoms with Crippen LogP contribution in [0.15, 0.2) is 49.1 Å². The van der Waals surface area contributed by atoms with Crippen LogP contribution in [-0.2, 0) is 11.3 Å². The van der Waals surface area contributed by atoms with Crippen molar-refractivity contribution >= 4 is 5.97 Å². The van der Waals surface area contributed by atoms with E-state index >= 15 is 0 Å². The van der Waals surface area contributed by atoms with E-state index in [4.69, 9.17) is 9.84 Å². The summed E-state index contributed by atoms with van der Waals surface area (Å²) in [7, 11) is 0. The summed E-state index contributed by atoms with van der Waals surface area (Å²) in [6.45, 7) is 2.43. The van der Waals surface area contributed by atoms with Crippen molar-refractivity contribution in [1.29, 1.82) is 0 Å². The zero-order valence-electron chi connectivity index (χ0n) is 16.0. The van der Waals surface area contributed by atoms with Crippen LogP contribution < -0.4 is 4.74 Å². The number of carboxylic acids is 1. The Labute approximate surface area is 168 Å². The van der Waals surface area contributed by atoms with Gasteiger partial charge in [-0.1, -0.05) is 12.1 Å². The van der Waals surface area contributed by atoms with Gasteiger partial charge in [-0.15, -0.1) is 0 Å². The van der Waals surface area contributed by atoms with Gasteiger partial charge in [-0.25, -0.2) is 14.8 Å². The minimum atomic E-state index is -0.980. The van der Waals surface area contributed by atoms with Crippen LogP contribution in [-0.4, -0.2) is 55.6 Å². The number of rotatable bonds is 7. The maximum atomic E-state index is 10.6. The molecule has 3 heterocycles. The van der Waals surface area contributed by atoms with Gasteiger partial charge < -0.3 is 14.8 Å². The van der Waals surface area contributed by atoms with E-state index < -0.39 is 5.97 Å². The van der Waals surface area contributed by atoms with Gasteiger partial charge in [0, 0.05) is 43.8 Å². The molecule has 0 unspecified atom stereocenters. The molecule has 0 bridgehead atoms. The highest BCUT2D eigenvalue weighted by atomic mass is 16.5. The molecule has 1 saturated heterocycles. The van der Waals surface area contributed by atoms with Crippen LogP contribution in [0.2, 0.25) is 0 Å². The molecule has 1 aromatic carbocycles. The van der Waals surface area contributed by atoms with E-state index in [1.54, 1.807) is 24.8 Å². The zero-order valence-corrected chi connectivity index (χ0v) is 16.0. The highest BCUT2D eigenvalue weighted by Crippen LogP contribution is 2.31. The summed E-state index contributed by atoms with van der Waals surface area (Å²) in [6, 6.07) is 7.60. The molecule has 0 amide bonds. The van der Waals surface area contributed by atoms with Gasteiger partial charge in [0.05, 0.1) is 5.69 Å². The Balaban J connectivity index is 1.42. The molecular formula is C21H23N5O3. The summed E-state index contributed by atoms with van der Waals surface area (Å²) in [5, 5.41) is 8.70. The fourth-order valence-electron chi connectivity index (χ4n) is 3.74. The Kier molecular flexibility index (Phi) is 5.81. The topological polar surface area (TPSA) is 104 Å². The van der Waals surface area contributed by atoms with Crippen molar-refractivity contribution in [3.63, 3.8) is 0 Å². The van der Waals surface area contributed by atoms with Crippen LogP contribution in [0, 0.1) is 0 Å². The van der Waals surface area contributed by atoms with Crippen LogP contribution >= 0.6 is 0 Å². The van der Waals surface area contributed by atoms with E-state index in [1.165, 1.54) is 5.56 Å². The number of ether oxygens (including phenoxy) is 1. The van der Waals surface area contributed by atoms with Gasteiger partial charge in [0.1, 0.15) is 11.4 Å². The highest BCUT2D eigenvalue weighted by Gasteiger charge is 2.26. The van der Waals surface area contributed by atoms with Gasteiger partial charge in [-0.05, 0) is 37.1 Å². The quantitative estimate of drug-likeness (QED) is 0.636. The molecule has 1 atom stereocenters. The van der Waals surface area contributed by atoms with Crippen molar-refractivity contribution in [3.8, 4) is 17.3 Å². The first-order valence-electron chi connectivity index (χ1n) is 9.65. The van der Waals surface area contributed by atoms with E-state index in [2.05, 4.69) is 24.8 Å². The number of piperidine rings is 1. The second kappa shape index (κ2) is 8.83. The normalized spacial score (nSPS) is 17.2. The zero-order chi connectivity index (χ0) is 20.1. The first-order valence-corrected chi connectivity index (χ1v) is 9.65. The van der Waals surface area contributed by atoms with Crippen molar-refractivity contribution < 1.29 is 14.6 Å². The van der Waals surface area contributed by atoms with Crippen molar-refractivity contribution in [1.82, 2.24) is 24.8 Å². The molecule has 0 aliphatic carbocycles. The molecule has 1 aliphatic rings. The number of aromatic amines is 1. The monoisotopic (exact) mass is 393 g/mol. The maximum absolute atomic E-state index is 10.6. The lowest BCUT2D eigenvalue weighted by Gasteiger charge is -2.32. The molecule has 0 radical (unpaired) electrons. The number of carbonyl (C=O) groups is 1. The molecule has 1 fully saturated rings. The van der Waals surface area contributed by atoms with Crippen molar-refractivity contribution in [2.24, 2.45) is 0 Å². The Morgan fingerprint density at radius 3 is 2.76 bits per heavy atom.